The minimum Gasteiger partial charge on any atom is -0.271 e. The number of hydrogen-bond acceptors (Lipinski definition) is 4. The van der Waals surface area contributed by atoms with Crippen molar-refractivity contribution < 1.29 is 0 Å². The highest BCUT2D eigenvalue weighted by molar-refractivity contribution is 9.10. The van der Waals surface area contributed by atoms with Crippen LogP contribution < -0.4 is 11.3 Å². The van der Waals surface area contributed by atoms with E-state index in [9.17, 15) is 0 Å². The fourth-order valence-corrected chi connectivity index (χ4v) is 3.76. The molecule has 1 unspecified atom stereocenters. The lowest BCUT2D eigenvalue weighted by molar-refractivity contribution is 0.560. The van der Waals surface area contributed by atoms with Crippen LogP contribution in [0, 0.1) is 0 Å². The van der Waals surface area contributed by atoms with Crippen LogP contribution >= 0.6 is 27.3 Å². The zero-order valence-corrected chi connectivity index (χ0v) is 13.1. The largest absolute Gasteiger partial charge is 0.271 e. The fourth-order valence-electron chi connectivity index (χ4n) is 2.22. The second-order valence-electron chi connectivity index (χ2n) is 4.62. The lowest BCUT2D eigenvalue weighted by Gasteiger charge is -2.14. The summed E-state index contributed by atoms with van der Waals surface area (Å²) in [5.41, 5.74) is 4.07. The van der Waals surface area contributed by atoms with Crippen molar-refractivity contribution >= 4 is 37.4 Å². The molecular formula is C15H14BrN3S. The van der Waals surface area contributed by atoms with Crippen LogP contribution in [-0.4, -0.2) is 4.98 Å². The molecule has 2 heterocycles. The van der Waals surface area contributed by atoms with E-state index in [2.05, 4.69) is 62.7 Å². The zero-order chi connectivity index (χ0) is 13.9. The molecule has 3 aromatic rings. The lowest BCUT2D eigenvalue weighted by atomic mass is 10.1. The van der Waals surface area contributed by atoms with Crippen LogP contribution in [0.3, 0.4) is 0 Å². The van der Waals surface area contributed by atoms with Crippen LogP contribution in [-0.2, 0) is 6.42 Å². The molecule has 20 heavy (non-hydrogen) atoms. The first-order chi connectivity index (χ1) is 9.76. The molecule has 0 bridgehead atoms. The Morgan fingerprint density at radius 2 is 2.10 bits per heavy atom. The number of nitrogens with two attached hydrogens (primary N) is 1. The summed E-state index contributed by atoms with van der Waals surface area (Å²) in [7, 11) is 0. The molecule has 0 spiro atoms. The lowest BCUT2D eigenvalue weighted by Crippen LogP contribution is -2.28. The number of halogens is 1. The minimum absolute atomic E-state index is 0.100. The van der Waals surface area contributed by atoms with E-state index in [1.165, 1.54) is 15.0 Å². The Labute approximate surface area is 129 Å². The summed E-state index contributed by atoms with van der Waals surface area (Å²) in [5, 5.41) is 1.26. The van der Waals surface area contributed by atoms with Gasteiger partial charge in [-0.05, 0) is 51.5 Å². The van der Waals surface area contributed by atoms with Gasteiger partial charge in [0.1, 0.15) is 0 Å². The molecular weight excluding hydrogens is 334 g/mol. The van der Waals surface area contributed by atoms with Crippen LogP contribution in [0.1, 0.15) is 16.5 Å². The van der Waals surface area contributed by atoms with Gasteiger partial charge < -0.3 is 0 Å². The third-order valence-corrected chi connectivity index (χ3v) is 4.85. The normalized spacial score (nSPS) is 12.7. The fraction of sp³-hybridized carbons (Fsp3) is 0.133. The highest BCUT2D eigenvalue weighted by Crippen LogP contribution is 2.31. The SMILES string of the molecule is NNC(Cc1cncc(Br)c1)c1cc2ccccc2s1. The number of pyridine rings is 1. The van der Waals surface area contributed by atoms with E-state index in [4.69, 9.17) is 5.84 Å². The summed E-state index contributed by atoms with van der Waals surface area (Å²) in [6.45, 7) is 0. The van der Waals surface area contributed by atoms with Crippen molar-refractivity contribution in [1.82, 2.24) is 10.4 Å². The highest BCUT2D eigenvalue weighted by Gasteiger charge is 2.14. The van der Waals surface area contributed by atoms with E-state index in [-0.39, 0.29) is 6.04 Å². The van der Waals surface area contributed by atoms with Gasteiger partial charge in [0.2, 0.25) is 0 Å². The van der Waals surface area contributed by atoms with Gasteiger partial charge in [-0.1, -0.05) is 18.2 Å². The van der Waals surface area contributed by atoms with Gasteiger partial charge in [-0.3, -0.25) is 16.3 Å². The Balaban J connectivity index is 1.89. The van der Waals surface area contributed by atoms with Crippen molar-refractivity contribution in [2.45, 2.75) is 12.5 Å². The first-order valence-electron chi connectivity index (χ1n) is 6.30. The van der Waals surface area contributed by atoms with E-state index in [1.807, 2.05) is 6.20 Å². The molecule has 2 aromatic heterocycles. The zero-order valence-electron chi connectivity index (χ0n) is 10.7. The highest BCUT2D eigenvalue weighted by atomic mass is 79.9. The van der Waals surface area contributed by atoms with Gasteiger partial charge in [-0.15, -0.1) is 11.3 Å². The molecule has 5 heteroatoms. The van der Waals surface area contributed by atoms with Gasteiger partial charge in [0.05, 0.1) is 6.04 Å². The van der Waals surface area contributed by atoms with Crippen molar-refractivity contribution in [2.75, 3.05) is 0 Å². The van der Waals surface area contributed by atoms with Crippen molar-refractivity contribution in [3.05, 3.63) is 63.7 Å². The smallest absolute Gasteiger partial charge is 0.0594 e. The second-order valence-corrected chi connectivity index (χ2v) is 6.65. The number of rotatable bonds is 4. The maximum Gasteiger partial charge on any atom is 0.0594 e. The first kappa shape index (κ1) is 13.7. The van der Waals surface area contributed by atoms with Crippen molar-refractivity contribution in [2.24, 2.45) is 5.84 Å². The number of nitrogens with one attached hydrogen (secondary N) is 1. The summed E-state index contributed by atoms with van der Waals surface area (Å²) >= 11 is 5.23. The number of aromatic nitrogens is 1. The predicted molar refractivity (Wildman–Crippen MR) is 87.5 cm³/mol. The van der Waals surface area contributed by atoms with E-state index < -0.39 is 0 Å². The van der Waals surface area contributed by atoms with Gasteiger partial charge in [0.15, 0.2) is 0 Å². The number of nitrogens with zero attached hydrogens (tertiary/aromatic N) is 1. The summed E-state index contributed by atoms with van der Waals surface area (Å²) in [5.74, 6) is 5.74. The number of hydrogen-bond donors (Lipinski definition) is 2. The predicted octanol–water partition coefficient (Wildman–Crippen LogP) is 3.81. The van der Waals surface area contributed by atoms with E-state index in [0.717, 1.165) is 16.5 Å². The summed E-state index contributed by atoms with van der Waals surface area (Å²) in [4.78, 5) is 5.44. The maximum absolute atomic E-state index is 5.74. The summed E-state index contributed by atoms with van der Waals surface area (Å²) < 4.78 is 2.28. The Morgan fingerprint density at radius 3 is 2.85 bits per heavy atom. The van der Waals surface area contributed by atoms with E-state index in [0.29, 0.717) is 0 Å². The Morgan fingerprint density at radius 1 is 1.25 bits per heavy atom. The number of hydrazine groups is 1. The maximum atomic E-state index is 5.74. The van der Waals surface area contributed by atoms with Gasteiger partial charge in [-0.25, -0.2) is 0 Å². The Hall–Kier alpha value is -1.27. The number of fused-ring (bicyclic) bond motifs is 1. The molecule has 0 radical (unpaired) electrons. The molecule has 1 atom stereocenters. The van der Waals surface area contributed by atoms with Crippen LogP contribution in [0.4, 0.5) is 0 Å². The number of thiophene rings is 1. The van der Waals surface area contributed by atoms with Crippen LogP contribution in [0.25, 0.3) is 10.1 Å². The number of benzene rings is 1. The van der Waals surface area contributed by atoms with Crippen molar-refractivity contribution in [1.29, 1.82) is 0 Å². The van der Waals surface area contributed by atoms with Crippen LogP contribution in [0.15, 0.2) is 53.3 Å². The average molecular weight is 348 g/mol. The van der Waals surface area contributed by atoms with Gasteiger partial charge in [0.25, 0.3) is 0 Å². The Kier molecular flexibility index (Phi) is 4.12. The summed E-state index contributed by atoms with van der Waals surface area (Å²) in [6, 6.07) is 12.8. The minimum atomic E-state index is 0.100. The van der Waals surface area contributed by atoms with Gasteiger partial charge in [-0.2, -0.15) is 0 Å². The van der Waals surface area contributed by atoms with Crippen molar-refractivity contribution in [3.63, 3.8) is 0 Å². The molecule has 102 valence electrons. The molecule has 0 aliphatic rings. The topological polar surface area (TPSA) is 50.9 Å². The van der Waals surface area contributed by atoms with Crippen molar-refractivity contribution in [3.8, 4) is 0 Å². The molecule has 1 aromatic carbocycles. The molecule has 0 amide bonds. The van der Waals surface area contributed by atoms with Crippen LogP contribution in [0.5, 0.6) is 0 Å². The first-order valence-corrected chi connectivity index (χ1v) is 7.91. The quantitative estimate of drug-likeness (QED) is 0.557. The molecule has 0 fully saturated rings. The second kappa shape index (κ2) is 6.01. The standard InChI is InChI=1S/C15H14BrN3S/c16-12-5-10(8-18-9-12)6-13(19-17)15-7-11-3-1-2-4-14(11)20-15/h1-5,7-9,13,19H,6,17H2. The molecule has 0 aliphatic heterocycles. The molecule has 3 N–H and O–H groups in total. The average Bonchev–Trinajstić information content (AvgIpc) is 2.88. The van der Waals surface area contributed by atoms with Gasteiger partial charge >= 0.3 is 0 Å². The van der Waals surface area contributed by atoms with Gasteiger partial charge in [0, 0.05) is 26.4 Å². The molecule has 3 rings (SSSR count). The Bertz CT molecular complexity index is 693. The molecule has 0 saturated carbocycles. The molecule has 3 nitrogen and oxygen atoms in total. The third-order valence-electron chi connectivity index (χ3n) is 3.19. The molecule has 0 aliphatic carbocycles. The van der Waals surface area contributed by atoms with E-state index >= 15 is 0 Å². The van der Waals surface area contributed by atoms with E-state index in [1.54, 1.807) is 17.5 Å². The third kappa shape index (κ3) is 2.91. The van der Waals surface area contributed by atoms with Crippen LogP contribution in [0.2, 0.25) is 0 Å². The molecule has 0 saturated heterocycles. The monoisotopic (exact) mass is 347 g/mol. The summed E-state index contributed by atoms with van der Waals surface area (Å²) in [6.07, 6.45) is 4.48.